The van der Waals surface area contributed by atoms with Crippen LogP contribution in [0.25, 0.3) is 0 Å². The van der Waals surface area contributed by atoms with Crippen LogP contribution in [0.4, 0.5) is 5.82 Å². The van der Waals surface area contributed by atoms with Crippen molar-refractivity contribution in [2.24, 2.45) is 0 Å². The average Bonchev–Trinajstić information content (AvgIpc) is 2.39. The zero-order chi connectivity index (χ0) is 12.7. The predicted molar refractivity (Wildman–Crippen MR) is 73.2 cm³/mol. The highest BCUT2D eigenvalue weighted by atomic mass is 35.5. The van der Waals surface area contributed by atoms with Gasteiger partial charge in [0.2, 0.25) is 5.88 Å². The fraction of sp³-hybridized carbons (Fsp3) is 0.615. The second kappa shape index (κ2) is 7.38. The van der Waals surface area contributed by atoms with Gasteiger partial charge in [-0.1, -0.05) is 19.9 Å². The van der Waals surface area contributed by atoms with Crippen molar-refractivity contribution in [3.63, 3.8) is 0 Å². The average molecular weight is 257 g/mol. The van der Waals surface area contributed by atoms with E-state index >= 15 is 0 Å². The Morgan fingerprint density at radius 1 is 1.35 bits per heavy atom. The molecule has 4 heteroatoms. The first-order chi connectivity index (χ1) is 8.26. The second-order valence-corrected chi connectivity index (χ2v) is 4.27. The summed E-state index contributed by atoms with van der Waals surface area (Å²) < 4.78 is 5.16. The molecule has 0 unspecified atom stereocenters. The van der Waals surface area contributed by atoms with Gasteiger partial charge in [0.1, 0.15) is 5.82 Å². The van der Waals surface area contributed by atoms with Crippen LogP contribution in [-0.2, 0) is 0 Å². The molecule has 0 saturated carbocycles. The van der Waals surface area contributed by atoms with Crippen molar-refractivity contribution in [2.45, 2.75) is 32.7 Å². The van der Waals surface area contributed by atoms with E-state index in [-0.39, 0.29) is 0 Å². The zero-order valence-electron chi connectivity index (χ0n) is 10.8. The molecule has 0 aliphatic rings. The molecule has 3 nitrogen and oxygen atoms in total. The summed E-state index contributed by atoms with van der Waals surface area (Å²) in [6, 6.07) is 6.31. The van der Waals surface area contributed by atoms with Gasteiger partial charge in [0.05, 0.1) is 7.11 Å². The van der Waals surface area contributed by atoms with Crippen LogP contribution in [-0.4, -0.2) is 30.6 Å². The summed E-state index contributed by atoms with van der Waals surface area (Å²) >= 11 is 5.88. The molecule has 1 rings (SSSR count). The fourth-order valence-electron chi connectivity index (χ4n) is 1.98. The van der Waals surface area contributed by atoms with Crippen molar-refractivity contribution in [2.75, 3.05) is 24.4 Å². The maximum Gasteiger partial charge on any atom is 0.214 e. The molecule has 0 saturated heterocycles. The van der Waals surface area contributed by atoms with Crippen molar-refractivity contribution >= 4 is 17.4 Å². The minimum atomic E-state index is 0.480. The predicted octanol–water partition coefficient (Wildman–Crippen LogP) is 3.32. The van der Waals surface area contributed by atoms with Crippen LogP contribution in [0.15, 0.2) is 18.2 Å². The van der Waals surface area contributed by atoms with E-state index in [2.05, 4.69) is 23.7 Å². The number of rotatable bonds is 7. The monoisotopic (exact) mass is 256 g/mol. The third-order valence-corrected chi connectivity index (χ3v) is 3.09. The van der Waals surface area contributed by atoms with Crippen LogP contribution >= 0.6 is 11.6 Å². The smallest absolute Gasteiger partial charge is 0.214 e. The Bertz CT molecular complexity index is 329. The number of pyridine rings is 1. The van der Waals surface area contributed by atoms with E-state index in [4.69, 9.17) is 16.3 Å². The molecular formula is C13H21ClN2O. The number of alkyl halides is 1. The van der Waals surface area contributed by atoms with Gasteiger partial charge in [-0.05, 0) is 18.9 Å². The van der Waals surface area contributed by atoms with Crippen LogP contribution in [0.5, 0.6) is 5.88 Å². The molecule has 1 aromatic heterocycles. The Hall–Kier alpha value is -0.960. The van der Waals surface area contributed by atoms with E-state index < -0.39 is 0 Å². The highest BCUT2D eigenvalue weighted by molar-refractivity contribution is 6.18. The van der Waals surface area contributed by atoms with Gasteiger partial charge < -0.3 is 9.64 Å². The third kappa shape index (κ3) is 3.77. The van der Waals surface area contributed by atoms with E-state index in [0.29, 0.717) is 17.8 Å². The molecule has 0 amide bonds. The largest absolute Gasteiger partial charge is 0.481 e. The summed E-state index contributed by atoms with van der Waals surface area (Å²) in [5.41, 5.74) is 0. The number of ether oxygens (including phenoxy) is 1. The van der Waals surface area contributed by atoms with Crippen molar-refractivity contribution < 1.29 is 4.74 Å². The summed E-state index contributed by atoms with van der Waals surface area (Å²) in [5, 5.41) is 0. The van der Waals surface area contributed by atoms with Crippen molar-refractivity contribution in [1.29, 1.82) is 0 Å². The van der Waals surface area contributed by atoms with Crippen LogP contribution in [0, 0.1) is 0 Å². The Balaban J connectivity index is 2.94. The first kappa shape index (κ1) is 14.1. The number of hydrogen-bond acceptors (Lipinski definition) is 3. The lowest BCUT2D eigenvalue weighted by Crippen LogP contribution is -2.36. The summed E-state index contributed by atoms with van der Waals surface area (Å²) in [6.07, 6.45) is 2.18. The second-order valence-electron chi connectivity index (χ2n) is 3.89. The number of anilines is 1. The lowest BCUT2D eigenvalue weighted by Gasteiger charge is -2.31. The SMILES string of the molecule is CCC(CC)N(CCCl)c1cccc(OC)n1. The molecule has 0 aliphatic heterocycles. The quantitative estimate of drug-likeness (QED) is 0.700. The molecule has 0 spiro atoms. The third-order valence-electron chi connectivity index (χ3n) is 2.92. The first-order valence-electron chi connectivity index (χ1n) is 6.10. The Labute approximate surface area is 109 Å². The zero-order valence-corrected chi connectivity index (χ0v) is 11.6. The molecule has 0 radical (unpaired) electrons. The van der Waals surface area contributed by atoms with Crippen molar-refractivity contribution in [3.8, 4) is 5.88 Å². The van der Waals surface area contributed by atoms with Gasteiger partial charge >= 0.3 is 0 Å². The van der Waals surface area contributed by atoms with Crippen molar-refractivity contribution in [1.82, 2.24) is 4.98 Å². The number of methoxy groups -OCH3 is 1. The molecule has 0 fully saturated rings. The van der Waals surface area contributed by atoms with Crippen LogP contribution in [0.3, 0.4) is 0 Å². The number of aromatic nitrogens is 1. The summed E-state index contributed by atoms with van der Waals surface area (Å²) in [4.78, 5) is 6.73. The topological polar surface area (TPSA) is 25.4 Å². The summed E-state index contributed by atoms with van der Waals surface area (Å²) in [6.45, 7) is 5.19. The highest BCUT2D eigenvalue weighted by Gasteiger charge is 2.16. The van der Waals surface area contributed by atoms with Gasteiger partial charge in [-0.3, -0.25) is 0 Å². The van der Waals surface area contributed by atoms with E-state index in [1.807, 2.05) is 18.2 Å². The standard InChI is InChI=1S/C13H21ClN2O/c1-4-11(5-2)16(10-9-14)12-7-6-8-13(15-12)17-3/h6-8,11H,4-5,9-10H2,1-3H3. The maximum absolute atomic E-state index is 5.88. The highest BCUT2D eigenvalue weighted by Crippen LogP contribution is 2.20. The van der Waals surface area contributed by atoms with E-state index in [9.17, 15) is 0 Å². The lowest BCUT2D eigenvalue weighted by atomic mass is 10.1. The van der Waals surface area contributed by atoms with E-state index in [0.717, 1.165) is 25.2 Å². The minimum Gasteiger partial charge on any atom is -0.481 e. The molecule has 1 aromatic rings. The van der Waals surface area contributed by atoms with E-state index in [1.54, 1.807) is 7.11 Å². The van der Waals surface area contributed by atoms with Gasteiger partial charge in [0.25, 0.3) is 0 Å². The minimum absolute atomic E-state index is 0.480. The Kier molecular flexibility index (Phi) is 6.12. The van der Waals surface area contributed by atoms with Gasteiger partial charge in [0.15, 0.2) is 0 Å². The van der Waals surface area contributed by atoms with Gasteiger partial charge in [0, 0.05) is 24.5 Å². The van der Waals surface area contributed by atoms with Gasteiger partial charge in [-0.25, -0.2) is 0 Å². The van der Waals surface area contributed by atoms with Crippen LogP contribution < -0.4 is 9.64 Å². The molecule has 0 atom stereocenters. The van der Waals surface area contributed by atoms with Crippen LogP contribution in [0.2, 0.25) is 0 Å². The first-order valence-corrected chi connectivity index (χ1v) is 6.63. The van der Waals surface area contributed by atoms with Gasteiger partial charge in [-0.15, -0.1) is 11.6 Å². The summed E-state index contributed by atoms with van der Waals surface area (Å²) in [5.74, 6) is 2.20. The van der Waals surface area contributed by atoms with Crippen LogP contribution in [0.1, 0.15) is 26.7 Å². The molecule has 0 N–H and O–H groups in total. The summed E-state index contributed by atoms with van der Waals surface area (Å²) in [7, 11) is 1.63. The number of nitrogens with zero attached hydrogens (tertiary/aromatic N) is 2. The maximum atomic E-state index is 5.88. The molecule has 0 aliphatic carbocycles. The molecule has 17 heavy (non-hydrogen) atoms. The molecule has 0 aromatic carbocycles. The lowest BCUT2D eigenvalue weighted by molar-refractivity contribution is 0.397. The van der Waals surface area contributed by atoms with E-state index in [1.165, 1.54) is 0 Å². The fourth-order valence-corrected chi connectivity index (χ4v) is 2.16. The van der Waals surface area contributed by atoms with Gasteiger partial charge in [-0.2, -0.15) is 4.98 Å². The molecule has 1 heterocycles. The number of halogens is 1. The normalized spacial score (nSPS) is 10.6. The molecule has 96 valence electrons. The molecule has 0 bridgehead atoms. The Morgan fingerprint density at radius 3 is 2.59 bits per heavy atom. The Morgan fingerprint density at radius 2 is 2.06 bits per heavy atom. The van der Waals surface area contributed by atoms with Crippen molar-refractivity contribution in [3.05, 3.63) is 18.2 Å². The molecular weight excluding hydrogens is 236 g/mol. The number of hydrogen-bond donors (Lipinski definition) is 0.